The van der Waals surface area contributed by atoms with Gasteiger partial charge in [0.05, 0.1) is 33.1 Å². The number of esters is 2. The highest BCUT2D eigenvalue weighted by atomic mass is 19.4. The van der Waals surface area contributed by atoms with Crippen LogP contribution in [0.4, 0.5) is 24.5 Å². The molecule has 16 heteroatoms. The number of nitrogens with one attached hydrogen (secondary N) is 1. The number of non-ortho nitro benzene ring substituents is 2. The number of alkyl halides is 3. The number of hydrogen-bond donors (Lipinski definition) is 1. The molecule has 0 unspecified atom stereocenters. The lowest BCUT2D eigenvalue weighted by molar-refractivity contribution is -0.385. The average molecular weight is 541 g/mol. The molecule has 0 bridgehead atoms. The van der Waals surface area contributed by atoms with Crippen LogP contribution in [-0.2, 0) is 19.0 Å². The number of benzene rings is 2. The van der Waals surface area contributed by atoms with Crippen molar-refractivity contribution in [2.45, 2.75) is 44.1 Å². The zero-order valence-electron chi connectivity index (χ0n) is 19.2. The maximum Gasteiger partial charge on any atom is 0.471 e. The zero-order valence-corrected chi connectivity index (χ0v) is 19.2. The Balaban J connectivity index is 1.76. The van der Waals surface area contributed by atoms with Gasteiger partial charge < -0.3 is 19.5 Å². The summed E-state index contributed by atoms with van der Waals surface area (Å²) >= 11 is 0. The fraction of sp³-hybridized carbons (Fsp3) is 0.318. The summed E-state index contributed by atoms with van der Waals surface area (Å²) in [5.41, 5.74) is -0.884. The van der Waals surface area contributed by atoms with Gasteiger partial charge in [0, 0.05) is 30.7 Å². The third-order valence-electron chi connectivity index (χ3n) is 5.36. The predicted octanol–water partition coefficient (Wildman–Crippen LogP) is 3.07. The van der Waals surface area contributed by atoms with Gasteiger partial charge in [0.15, 0.2) is 0 Å². The van der Waals surface area contributed by atoms with Crippen molar-refractivity contribution < 1.29 is 51.6 Å². The molecule has 0 saturated carbocycles. The number of ether oxygens (including phenoxy) is 3. The van der Waals surface area contributed by atoms with Gasteiger partial charge in [-0.1, -0.05) is 0 Å². The number of nitro benzene ring substituents is 2. The minimum absolute atomic E-state index is 0.116. The Morgan fingerprint density at radius 3 is 1.76 bits per heavy atom. The largest absolute Gasteiger partial charge is 0.471 e. The van der Waals surface area contributed by atoms with Crippen molar-refractivity contribution in [3.8, 4) is 0 Å². The van der Waals surface area contributed by atoms with Crippen LogP contribution in [0.15, 0.2) is 48.5 Å². The highest BCUT2D eigenvalue weighted by Crippen LogP contribution is 2.27. The molecule has 1 aliphatic heterocycles. The summed E-state index contributed by atoms with van der Waals surface area (Å²) < 4.78 is 54.7. The van der Waals surface area contributed by atoms with E-state index in [9.17, 15) is 47.8 Å². The molecule has 1 saturated heterocycles. The van der Waals surface area contributed by atoms with Gasteiger partial charge in [-0.25, -0.2) is 9.59 Å². The van der Waals surface area contributed by atoms with E-state index in [1.807, 2.05) is 0 Å². The normalized spacial score (nSPS) is 21.2. The lowest BCUT2D eigenvalue weighted by Gasteiger charge is -2.39. The maximum absolute atomic E-state index is 12.9. The van der Waals surface area contributed by atoms with Crippen LogP contribution in [0, 0.1) is 20.2 Å². The van der Waals surface area contributed by atoms with E-state index in [2.05, 4.69) is 0 Å². The molecule has 1 fully saturated rings. The Bertz CT molecular complexity index is 1230. The summed E-state index contributed by atoms with van der Waals surface area (Å²) in [6, 6.07) is 6.96. The number of amides is 1. The third kappa shape index (κ3) is 6.78. The summed E-state index contributed by atoms with van der Waals surface area (Å²) in [4.78, 5) is 56.8. The van der Waals surface area contributed by atoms with Crippen LogP contribution >= 0.6 is 0 Å². The lowest BCUT2D eigenvalue weighted by atomic mass is 9.98. The van der Waals surface area contributed by atoms with Crippen LogP contribution in [0.5, 0.6) is 0 Å². The van der Waals surface area contributed by atoms with E-state index in [1.165, 1.54) is 6.92 Å². The maximum atomic E-state index is 12.9. The first-order chi connectivity index (χ1) is 17.8. The minimum Gasteiger partial charge on any atom is -0.454 e. The number of nitrogens with zero attached hydrogens (tertiary/aromatic N) is 2. The van der Waals surface area contributed by atoms with E-state index < -0.39 is 64.8 Å². The molecule has 1 heterocycles. The van der Waals surface area contributed by atoms with Crippen molar-refractivity contribution in [1.29, 1.82) is 0 Å². The Kier molecular flexibility index (Phi) is 8.25. The molecule has 1 amide bonds. The molecule has 202 valence electrons. The van der Waals surface area contributed by atoms with Crippen molar-refractivity contribution in [2.75, 3.05) is 0 Å². The van der Waals surface area contributed by atoms with E-state index >= 15 is 0 Å². The summed E-state index contributed by atoms with van der Waals surface area (Å²) in [5, 5.41) is 23.3. The highest BCUT2D eigenvalue weighted by molar-refractivity contribution is 5.90. The second-order valence-corrected chi connectivity index (χ2v) is 7.97. The number of nitro groups is 2. The van der Waals surface area contributed by atoms with Gasteiger partial charge in [0.25, 0.3) is 11.4 Å². The molecule has 4 atom stereocenters. The van der Waals surface area contributed by atoms with Crippen molar-refractivity contribution in [3.63, 3.8) is 0 Å². The van der Waals surface area contributed by atoms with Gasteiger partial charge in [-0.15, -0.1) is 0 Å². The van der Waals surface area contributed by atoms with Crippen LogP contribution in [0.3, 0.4) is 0 Å². The monoisotopic (exact) mass is 541 g/mol. The molecule has 0 aromatic heterocycles. The molecular weight excluding hydrogens is 523 g/mol. The SMILES string of the molecule is C[C@@H]1O[C@@H](OC(=O)c2ccc([N+](=O)[O-])cc2)C[C@@H](NC(=O)C(F)(F)F)[C@H]1OC(=O)c1ccc([N+](=O)[O-])cc1. The Morgan fingerprint density at radius 2 is 1.34 bits per heavy atom. The fourth-order valence-electron chi connectivity index (χ4n) is 3.50. The van der Waals surface area contributed by atoms with Crippen molar-refractivity contribution in [3.05, 3.63) is 79.9 Å². The van der Waals surface area contributed by atoms with Gasteiger partial charge in [-0.05, 0) is 31.2 Å². The number of halogens is 3. The first-order valence-corrected chi connectivity index (χ1v) is 10.7. The number of carbonyl (C=O) groups is 3. The van der Waals surface area contributed by atoms with E-state index in [4.69, 9.17) is 14.2 Å². The van der Waals surface area contributed by atoms with Crippen molar-refractivity contribution in [1.82, 2.24) is 5.32 Å². The standard InChI is InChI=1S/C22H18F3N3O10/c1-11-18(38-20(30)13-4-8-15(9-5-13)28(34)35)16(26-21(31)22(23,24)25)10-17(36-11)37-19(29)12-2-6-14(7-3-12)27(32)33/h2-9,11,16-18H,10H2,1H3,(H,26,31)/t11-,16+,17-,18-/m0/s1. The fourth-order valence-corrected chi connectivity index (χ4v) is 3.50. The smallest absolute Gasteiger partial charge is 0.454 e. The van der Waals surface area contributed by atoms with Crippen LogP contribution in [0.25, 0.3) is 0 Å². The van der Waals surface area contributed by atoms with Gasteiger partial charge in [-0.3, -0.25) is 25.0 Å². The summed E-state index contributed by atoms with van der Waals surface area (Å²) in [6.07, 6.45) is -9.99. The van der Waals surface area contributed by atoms with E-state index in [0.29, 0.717) is 0 Å². The van der Waals surface area contributed by atoms with E-state index in [0.717, 1.165) is 48.5 Å². The zero-order chi connectivity index (χ0) is 28.2. The average Bonchev–Trinajstić information content (AvgIpc) is 2.85. The topological polar surface area (TPSA) is 177 Å². The minimum atomic E-state index is -5.28. The second kappa shape index (κ2) is 11.2. The Morgan fingerprint density at radius 1 is 0.895 bits per heavy atom. The lowest BCUT2D eigenvalue weighted by Crippen LogP contribution is -2.58. The van der Waals surface area contributed by atoms with Crippen molar-refractivity contribution >= 4 is 29.2 Å². The van der Waals surface area contributed by atoms with Gasteiger partial charge in [0.1, 0.15) is 6.10 Å². The Hall–Kier alpha value is -4.60. The Labute approximate surface area is 210 Å². The summed E-state index contributed by atoms with van der Waals surface area (Å²) in [5.74, 6) is -4.42. The van der Waals surface area contributed by atoms with Gasteiger partial charge >= 0.3 is 24.0 Å². The van der Waals surface area contributed by atoms with Gasteiger partial charge in [-0.2, -0.15) is 13.2 Å². The van der Waals surface area contributed by atoms with Crippen LogP contribution in [0.2, 0.25) is 0 Å². The van der Waals surface area contributed by atoms with Crippen LogP contribution < -0.4 is 5.32 Å². The van der Waals surface area contributed by atoms with Crippen LogP contribution in [0.1, 0.15) is 34.1 Å². The molecule has 2 aromatic rings. The number of hydrogen-bond acceptors (Lipinski definition) is 10. The summed E-state index contributed by atoms with van der Waals surface area (Å²) in [7, 11) is 0. The van der Waals surface area contributed by atoms with E-state index in [-0.39, 0.29) is 22.5 Å². The molecule has 0 aliphatic carbocycles. The molecule has 1 N–H and O–H groups in total. The molecule has 0 radical (unpaired) electrons. The molecule has 38 heavy (non-hydrogen) atoms. The van der Waals surface area contributed by atoms with Gasteiger partial charge in [0.2, 0.25) is 6.29 Å². The van der Waals surface area contributed by atoms with Crippen molar-refractivity contribution in [2.24, 2.45) is 0 Å². The molecule has 13 nitrogen and oxygen atoms in total. The number of rotatable bonds is 7. The molecule has 1 aliphatic rings. The first kappa shape index (κ1) is 28.0. The van der Waals surface area contributed by atoms with E-state index in [1.54, 1.807) is 5.32 Å². The second-order valence-electron chi connectivity index (χ2n) is 7.97. The number of carbonyl (C=O) groups excluding carboxylic acids is 3. The first-order valence-electron chi connectivity index (χ1n) is 10.7. The predicted molar refractivity (Wildman–Crippen MR) is 118 cm³/mol. The molecule has 0 spiro atoms. The molecule has 3 rings (SSSR count). The highest BCUT2D eigenvalue weighted by Gasteiger charge is 2.46. The quantitative estimate of drug-likeness (QED) is 0.311. The third-order valence-corrected chi connectivity index (χ3v) is 5.36. The molecule has 2 aromatic carbocycles. The van der Waals surface area contributed by atoms with Crippen LogP contribution in [-0.4, -0.2) is 58.4 Å². The molecular formula is C22H18F3N3O10. The summed E-state index contributed by atoms with van der Waals surface area (Å²) in [6.45, 7) is 1.30.